The Morgan fingerprint density at radius 2 is 2.33 bits per heavy atom. The van der Waals surface area contributed by atoms with Crippen LogP contribution in [-0.4, -0.2) is 39.1 Å². The Kier molecular flexibility index (Phi) is 2.81. The number of aromatic amines is 1. The van der Waals surface area contributed by atoms with Gasteiger partial charge in [-0.3, -0.25) is 9.89 Å². The zero-order valence-electron chi connectivity index (χ0n) is 10.5. The highest BCUT2D eigenvalue weighted by molar-refractivity contribution is 5.80. The highest BCUT2D eigenvalue weighted by atomic mass is 16.2. The summed E-state index contributed by atoms with van der Waals surface area (Å²) in [7, 11) is 1.81. The quantitative estimate of drug-likeness (QED) is 0.797. The smallest absolute Gasteiger partial charge is 0.227 e. The molecule has 6 nitrogen and oxygen atoms in total. The molecule has 0 saturated heterocycles. The van der Waals surface area contributed by atoms with Crippen LogP contribution in [0.4, 0.5) is 0 Å². The number of rotatable bonds is 3. The Bertz CT molecular complexity index is 430. The van der Waals surface area contributed by atoms with Gasteiger partial charge in [0.2, 0.25) is 5.91 Å². The van der Waals surface area contributed by atoms with Gasteiger partial charge in [0.25, 0.3) is 0 Å². The summed E-state index contributed by atoms with van der Waals surface area (Å²) < 4.78 is 0. The summed E-state index contributed by atoms with van der Waals surface area (Å²) in [5.74, 6) is 1.93. The molecule has 2 saturated carbocycles. The minimum absolute atomic E-state index is 0.0108. The standard InChI is InChI=1S/C12H19N5O/c1-17(5-9-14-6-15-16-9)12(18)10-7-2-3-8(4-7)11(10)13/h6-8,10-11H,2-5,13H2,1H3,(H,14,15,16). The Morgan fingerprint density at radius 1 is 1.56 bits per heavy atom. The maximum atomic E-state index is 12.5. The molecule has 2 bridgehead atoms. The summed E-state index contributed by atoms with van der Waals surface area (Å²) in [6.45, 7) is 0.472. The van der Waals surface area contributed by atoms with Gasteiger partial charge >= 0.3 is 0 Å². The van der Waals surface area contributed by atoms with Crippen molar-refractivity contribution in [3.05, 3.63) is 12.2 Å². The molecule has 2 aliphatic rings. The highest BCUT2D eigenvalue weighted by Gasteiger charge is 2.49. The number of hydrogen-bond donors (Lipinski definition) is 2. The maximum absolute atomic E-state index is 12.5. The lowest BCUT2D eigenvalue weighted by Crippen LogP contribution is -2.45. The fraction of sp³-hybridized carbons (Fsp3) is 0.750. The van der Waals surface area contributed by atoms with E-state index in [0.29, 0.717) is 24.2 Å². The normalized spacial score (nSPS) is 33.9. The first-order valence-electron chi connectivity index (χ1n) is 6.51. The van der Waals surface area contributed by atoms with E-state index < -0.39 is 0 Å². The minimum atomic E-state index is 0.0108. The van der Waals surface area contributed by atoms with E-state index in [9.17, 15) is 4.79 Å². The van der Waals surface area contributed by atoms with Crippen molar-refractivity contribution in [2.45, 2.75) is 31.8 Å². The number of H-pyrrole nitrogens is 1. The molecule has 2 fully saturated rings. The van der Waals surface area contributed by atoms with Gasteiger partial charge in [0.15, 0.2) is 0 Å². The third-order valence-corrected chi connectivity index (χ3v) is 4.49. The molecule has 98 valence electrons. The van der Waals surface area contributed by atoms with Crippen molar-refractivity contribution in [1.29, 1.82) is 0 Å². The molecule has 3 rings (SSSR count). The van der Waals surface area contributed by atoms with Crippen LogP contribution >= 0.6 is 0 Å². The second-order valence-electron chi connectivity index (χ2n) is 5.56. The van der Waals surface area contributed by atoms with E-state index in [-0.39, 0.29) is 17.9 Å². The van der Waals surface area contributed by atoms with Gasteiger partial charge in [0.05, 0.1) is 12.5 Å². The van der Waals surface area contributed by atoms with Crippen LogP contribution in [0.5, 0.6) is 0 Å². The van der Waals surface area contributed by atoms with Crippen LogP contribution in [0.25, 0.3) is 0 Å². The number of nitrogens with one attached hydrogen (secondary N) is 1. The van der Waals surface area contributed by atoms with Gasteiger partial charge in [0.1, 0.15) is 12.2 Å². The van der Waals surface area contributed by atoms with Crippen molar-refractivity contribution in [3.63, 3.8) is 0 Å². The Balaban J connectivity index is 1.67. The van der Waals surface area contributed by atoms with Gasteiger partial charge in [-0.15, -0.1) is 0 Å². The number of carbonyl (C=O) groups excluding carboxylic acids is 1. The molecule has 0 aliphatic heterocycles. The molecule has 1 aromatic rings. The van der Waals surface area contributed by atoms with Crippen LogP contribution in [0, 0.1) is 17.8 Å². The number of carbonyl (C=O) groups is 1. The molecule has 1 aromatic heterocycles. The zero-order chi connectivity index (χ0) is 12.7. The number of nitrogens with two attached hydrogens (primary N) is 1. The van der Waals surface area contributed by atoms with Gasteiger partial charge in [-0.05, 0) is 31.1 Å². The number of amides is 1. The lowest BCUT2D eigenvalue weighted by Gasteiger charge is -2.30. The van der Waals surface area contributed by atoms with Crippen LogP contribution in [0.15, 0.2) is 6.33 Å². The molecular weight excluding hydrogens is 230 g/mol. The van der Waals surface area contributed by atoms with Crippen molar-refractivity contribution in [1.82, 2.24) is 20.1 Å². The average molecular weight is 249 g/mol. The van der Waals surface area contributed by atoms with Crippen molar-refractivity contribution in [2.75, 3.05) is 7.05 Å². The second-order valence-corrected chi connectivity index (χ2v) is 5.56. The van der Waals surface area contributed by atoms with Crippen molar-refractivity contribution in [2.24, 2.45) is 23.5 Å². The molecule has 0 radical (unpaired) electrons. The summed E-state index contributed by atoms with van der Waals surface area (Å²) in [5.41, 5.74) is 6.19. The van der Waals surface area contributed by atoms with Crippen molar-refractivity contribution >= 4 is 5.91 Å². The summed E-state index contributed by atoms with van der Waals surface area (Å²) in [4.78, 5) is 18.2. The number of nitrogens with zero attached hydrogens (tertiary/aromatic N) is 3. The van der Waals surface area contributed by atoms with E-state index in [2.05, 4.69) is 15.2 Å². The van der Waals surface area contributed by atoms with Crippen molar-refractivity contribution in [3.8, 4) is 0 Å². The molecule has 4 unspecified atom stereocenters. The summed E-state index contributed by atoms with van der Waals surface area (Å²) >= 11 is 0. The maximum Gasteiger partial charge on any atom is 0.227 e. The fourth-order valence-corrected chi connectivity index (χ4v) is 3.57. The lowest BCUT2D eigenvalue weighted by atomic mass is 9.84. The first-order chi connectivity index (χ1) is 8.66. The molecule has 18 heavy (non-hydrogen) atoms. The summed E-state index contributed by atoms with van der Waals surface area (Å²) in [6.07, 6.45) is 4.94. The first kappa shape index (κ1) is 11.6. The third-order valence-electron chi connectivity index (χ3n) is 4.49. The second kappa shape index (κ2) is 4.35. The van der Waals surface area contributed by atoms with E-state index in [1.807, 2.05) is 7.05 Å². The molecular formula is C12H19N5O. The Morgan fingerprint density at radius 3 is 2.94 bits per heavy atom. The number of aromatic nitrogens is 3. The molecule has 2 aliphatic carbocycles. The molecule has 1 amide bonds. The number of hydrogen-bond acceptors (Lipinski definition) is 4. The van der Waals surface area contributed by atoms with Gasteiger partial charge in [-0.1, -0.05) is 0 Å². The van der Waals surface area contributed by atoms with Gasteiger partial charge < -0.3 is 10.6 Å². The van der Waals surface area contributed by atoms with E-state index >= 15 is 0 Å². The minimum Gasteiger partial charge on any atom is -0.338 e. The molecule has 0 aromatic carbocycles. The molecule has 6 heteroatoms. The predicted octanol–water partition coefficient (Wildman–Crippen LogP) is 0.136. The monoisotopic (exact) mass is 249 g/mol. The average Bonchev–Trinajstić information content (AvgIpc) is 3.04. The Hall–Kier alpha value is -1.43. The van der Waals surface area contributed by atoms with E-state index in [4.69, 9.17) is 5.73 Å². The fourth-order valence-electron chi connectivity index (χ4n) is 3.57. The zero-order valence-corrected chi connectivity index (χ0v) is 10.5. The van der Waals surface area contributed by atoms with Crippen LogP contribution in [0.1, 0.15) is 25.1 Å². The topological polar surface area (TPSA) is 87.9 Å². The highest BCUT2D eigenvalue weighted by Crippen LogP contribution is 2.48. The van der Waals surface area contributed by atoms with E-state index in [0.717, 1.165) is 12.8 Å². The Labute approximate surface area is 106 Å². The molecule has 3 N–H and O–H groups in total. The van der Waals surface area contributed by atoms with Crippen LogP contribution in [-0.2, 0) is 11.3 Å². The third kappa shape index (κ3) is 1.80. The van der Waals surface area contributed by atoms with E-state index in [1.54, 1.807) is 4.90 Å². The van der Waals surface area contributed by atoms with Crippen LogP contribution in [0.2, 0.25) is 0 Å². The summed E-state index contributed by atoms with van der Waals surface area (Å²) in [5, 5.41) is 6.56. The lowest BCUT2D eigenvalue weighted by molar-refractivity contribution is -0.137. The molecule has 0 spiro atoms. The SMILES string of the molecule is CN(Cc1ncn[nH]1)C(=O)C1C2CCC(C2)C1N. The van der Waals surface area contributed by atoms with Gasteiger partial charge in [-0.25, -0.2) is 4.98 Å². The molecule has 4 atom stereocenters. The van der Waals surface area contributed by atoms with Crippen LogP contribution in [0.3, 0.4) is 0 Å². The predicted molar refractivity (Wildman–Crippen MR) is 65.2 cm³/mol. The summed E-state index contributed by atoms with van der Waals surface area (Å²) in [6, 6.07) is 0.0495. The van der Waals surface area contributed by atoms with Gasteiger partial charge in [0, 0.05) is 13.1 Å². The molecule has 1 heterocycles. The van der Waals surface area contributed by atoms with Crippen molar-refractivity contribution < 1.29 is 4.79 Å². The van der Waals surface area contributed by atoms with Gasteiger partial charge in [-0.2, -0.15) is 5.10 Å². The van der Waals surface area contributed by atoms with Crippen LogP contribution < -0.4 is 5.73 Å². The first-order valence-corrected chi connectivity index (χ1v) is 6.51. The largest absolute Gasteiger partial charge is 0.338 e. The van der Waals surface area contributed by atoms with E-state index in [1.165, 1.54) is 12.7 Å². The number of fused-ring (bicyclic) bond motifs is 2.